The minimum absolute atomic E-state index is 0.000636. The number of anilines is 1. The Labute approximate surface area is 168 Å². The first kappa shape index (κ1) is 18.6. The third-order valence-corrected chi connectivity index (χ3v) is 6.43. The van der Waals surface area contributed by atoms with Crippen LogP contribution in [0.1, 0.15) is 54.8 Å². The molecule has 0 saturated heterocycles. The number of thiophene rings is 1. The van der Waals surface area contributed by atoms with Crippen LogP contribution in [0.3, 0.4) is 0 Å². The molecule has 0 bridgehead atoms. The molecular formula is C22H23N3O2S. The molecule has 4 rings (SSSR count). The highest BCUT2D eigenvalue weighted by Gasteiger charge is 2.37. The zero-order chi connectivity index (χ0) is 20.2. The van der Waals surface area contributed by atoms with E-state index in [0.29, 0.717) is 11.4 Å². The Kier molecular flexibility index (Phi) is 4.46. The Hall–Kier alpha value is -2.73. The van der Waals surface area contributed by atoms with Crippen LogP contribution in [0.5, 0.6) is 0 Å². The average Bonchev–Trinajstić information content (AvgIpc) is 3.15. The number of aromatic nitrogens is 2. The third-order valence-electron chi connectivity index (χ3n) is 5.46. The van der Waals surface area contributed by atoms with Gasteiger partial charge in [0.05, 0.1) is 17.3 Å². The summed E-state index contributed by atoms with van der Waals surface area (Å²) in [5.74, 6) is -0.0437. The zero-order valence-corrected chi connectivity index (χ0v) is 17.5. The van der Waals surface area contributed by atoms with Crippen molar-refractivity contribution in [1.82, 2.24) is 9.78 Å². The molecule has 0 saturated carbocycles. The van der Waals surface area contributed by atoms with E-state index in [4.69, 9.17) is 0 Å². The Morgan fingerprint density at radius 1 is 1.14 bits per heavy atom. The predicted molar refractivity (Wildman–Crippen MR) is 112 cm³/mol. The van der Waals surface area contributed by atoms with Gasteiger partial charge in [0.1, 0.15) is 5.82 Å². The Morgan fingerprint density at radius 3 is 2.54 bits per heavy atom. The van der Waals surface area contributed by atoms with Crippen LogP contribution in [0.4, 0.5) is 5.82 Å². The van der Waals surface area contributed by atoms with E-state index in [0.717, 1.165) is 32.3 Å². The highest BCUT2D eigenvalue weighted by Crippen LogP contribution is 2.39. The van der Waals surface area contributed by atoms with E-state index >= 15 is 0 Å². The number of hydrogen-bond acceptors (Lipinski definition) is 4. The van der Waals surface area contributed by atoms with Crippen molar-refractivity contribution in [3.63, 3.8) is 0 Å². The summed E-state index contributed by atoms with van der Waals surface area (Å²) >= 11 is 1.61. The van der Waals surface area contributed by atoms with Gasteiger partial charge in [-0.25, -0.2) is 4.68 Å². The molecule has 6 heteroatoms. The molecule has 1 aliphatic heterocycles. The first-order valence-corrected chi connectivity index (χ1v) is 10.2. The number of amides is 1. The summed E-state index contributed by atoms with van der Waals surface area (Å²) in [4.78, 5) is 27.9. The number of hydrogen-bond donors (Lipinski definition) is 1. The number of carbonyl (C=O) groups is 2. The van der Waals surface area contributed by atoms with Crippen molar-refractivity contribution in [1.29, 1.82) is 0 Å². The lowest BCUT2D eigenvalue weighted by Gasteiger charge is -2.23. The summed E-state index contributed by atoms with van der Waals surface area (Å²) in [7, 11) is 0. The van der Waals surface area contributed by atoms with Gasteiger partial charge in [-0.15, -0.1) is 11.3 Å². The summed E-state index contributed by atoms with van der Waals surface area (Å²) in [6.45, 7) is 9.97. The van der Waals surface area contributed by atoms with Gasteiger partial charge in [-0.05, 0) is 63.9 Å². The molecule has 0 aliphatic carbocycles. The average molecular weight is 394 g/mol. The van der Waals surface area contributed by atoms with Crippen LogP contribution in [0.2, 0.25) is 0 Å². The first-order chi connectivity index (χ1) is 13.3. The van der Waals surface area contributed by atoms with Crippen molar-refractivity contribution in [3.05, 3.63) is 62.0 Å². The van der Waals surface area contributed by atoms with Crippen LogP contribution in [0, 0.1) is 34.6 Å². The second-order valence-electron chi connectivity index (χ2n) is 7.52. The van der Waals surface area contributed by atoms with Gasteiger partial charge in [0, 0.05) is 27.3 Å². The van der Waals surface area contributed by atoms with E-state index in [-0.39, 0.29) is 18.1 Å². The van der Waals surface area contributed by atoms with Crippen LogP contribution in [-0.2, 0) is 4.79 Å². The van der Waals surface area contributed by atoms with E-state index < -0.39 is 5.92 Å². The molecule has 1 amide bonds. The molecule has 0 unspecified atom stereocenters. The number of fused-ring (bicyclic) bond motifs is 1. The van der Waals surface area contributed by atoms with Gasteiger partial charge < -0.3 is 5.32 Å². The number of ketones is 1. The van der Waals surface area contributed by atoms with Crippen LogP contribution < -0.4 is 5.32 Å². The molecule has 3 aromatic rings. The fourth-order valence-electron chi connectivity index (χ4n) is 3.88. The van der Waals surface area contributed by atoms with E-state index in [2.05, 4.69) is 17.3 Å². The highest BCUT2D eigenvalue weighted by molar-refractivity contribution is 7.12. The maximum Gasteiger partial charge on any atom is 0.226 e. The van der Waals surface area contributed by atoms with Crippen molar-refractivity contribution < 1.29 is 9.59 Å². The topological polar surface area (TPSA) is 64.0 Å². The maximum atomic E-state index is 13.3. The van der Waals surface area contributed by atoms with Gasteiger partial charge in [0.2, 0.25) is 5.91 Å². The van der Waals surface area contributed by atoms with Gasteiger partial charge in [-0.1, -0.05) is 6.07 Å². The van der Waals surface area contributed by atoms with Gasteiger partial charge in [0.25, 0.3) is 0 Å². The number of benzene rings is 1. The van der Waals surface area contributed by atoms with Gasteiger partial charge in [0.15, 0.2) is 5.78 Å². The van der Waals surface area contributed by atoms with Crippen LogP contribution >= 0.6 is 11.3 Å². The van der Waals surface area contributed by atoms with E-state index in [1.165, 1.54) is 5.56 Å². The fraction of sp³-hybridized carbons (Fsp3) is 0.318. The second-order valence-corrected chi connectivity index (χ2v) is 8.98. The van der Waals surface area contributed by atoms with Crippen molar-refractivity contribution in [2.75, 3.05) is 5.32 Å². The number of nitrogens with one attached hydrogen (secondary N) is 1. The smallest absolute Gasteiger partial charge is 0.226 e. The SMILES string of the molecule is Cc1cc(C(=O)[C@H]2CC(=O)Nc3c2c(C)nn3-c2ccc(C)c(C)c2)c(C)s1. The monoisotopic (exact) mass is 393 g/mol. The molecule has 5 nitrogen and oxygen atoms in total. The molecule has 2 aromatic heterocycles. The number of nitrogens with zero attached hydrogens (tertiary/aromatic N) is 2. The molecule has 1 aromatic carbocycles. The number of Topliss-reactive ketones (excluding diaryl/α,β-unsaturated/α-hetero) is 1. The van der Waals surface area contributed by atoms with Gasteiger partial charge in [-0.3, -0.25) is 9.59 Å². The highest BCUT2D eigenvalue weighted by atomic mass is 32.1. The molecule has 1 atom stereocenters. The minimum atomic E-state index is -0.503. The summed E-state index contributed by atoms with van der Waals surface area (Å²) in [6, 6.07) is 8.00. The van der Waals surface area contributed by atoms with Crippen molar-refractivity contribution in [3.8, 4) is 5.69 Å². The number of carbonyl (C=O) groups excluding carboxylic acids is 2. The number of aryl methyl sites for hydroxylation is 5. The lowest BCUT2D eigenvalue weighted by Crippen LogP contribution is -2.28. The predicted octanol–water partition coefficient (Wildman–Crippen LogP) is 4.78. The van der Waals surface area contributed by atoms with E-state index in [1.54, 1.807) is 16.0 Å². The third kappa shape index (κ3) is 2.98. The molecule has 1 aliphatic rings. The molecular weight excluding hydrogens is 370 g/mol. The van der Waals surface area contributed by atoms with Crippen LogP contribution in [0.15, 0.2) is 24.3 Å². The zero-order valence-electron chi connectivity index (χ0n) is 16.7. The Morgan fingerprint density at radius 2 is 1.89 bits per heavy atom. The van der Waals surface area contributed by atoms with Crippen molar-refractivity contribution in [2.45, 2.75) is 47.0 Å². The quantitative estimate of drug-likeness (QED) is 0.651. The second kappa shape index (κ2) is 6.71. The maximum absolute atomic E-state index is 13.3. The molecule has 3 heterocycles. The molecule has 144 valence electrons. The van der Waals surface area contributed by atoms with Gasteiger partial charge >= 0.3 is 0 Å². The first-order valence-electron chi connectivity index (χ1n) is 9.34. The molecule has 28 heavy (non-hydrogen) atoms. The van der Waals surface area contributed by atoms with Gasteiger partial charge in [-0.2, -0.15) is 5.10 Å². The standard InChI is InChI=1S/C22H23N3O2S/c1-11-6-7-16(8-12(11)2)25-22-20(14(4)24-25)18(10-19(26)23-22)21(27)17-9-13(3)28-15(17)5/h6-9,18H,10H2,1-5H3,(H,23,26)/t18-/m0/s1. The molecule has 0 spiro atoms. The van der Waals surface area contributed by atoms with Crippen molar-refractivity contribution in [2.24, 2.45) is 0 Å². The Bertz CT molecular complexity index is 1120. The minimum Gasteiger partial charge on any atom is -0.310 e. The number of rotatable bonds is 3. The lowest BCUT2D eigenvalue weighted by molar-refractivity contribution is -0.116. The fourth-order valence-corrected chi connectivity index (χ4v) is 4.81. The summed E-state index contributed by atoms with van der Waals surface area (Å²) < 4.78 is 1.75. The lowest BCUT2D eigenvalue weighted by atomic mass is 9.85. The summed E-state index contributed by atoms with van der Waals surface area (Å²) in [5, 5.41) is 7.62. The van der Waals surface area contributed by atoms with Crippen LogP contribution in [0.25, 0.3) is 5.69 Å². The van der Waals surface area contributed by atoms with E-state index in [9.17, 15) is 9.59 Å². The molecule has 0 fully saturated rings. The Balaban J connectivity index is 1.84. The van der Waals surface area contributed by atoms with Crippen LogP contribution in [-0.4, -0.2) is 21.5 Å². The summed E-state index contributed by atoms with van der Waals surface area (Å²) in [5.41, 5.74) is 5.54. The largest absolute Gasteiger partial charge is 0.310 e. The normalized spacial score (nSPS) is 16.0. The van der Waals surface area contributed by atoms with Crippen molar-refractivity contribution >= 4 is 28.8 Å². The van der Waals surface area contributed by atoms with E-state index in [1.807, 2.05) is 52.0 Å². The molecule has 1 N–H and O–H groups in total. The summed E-state index contributed by atoms with van der Waals surface area (Å²) in [6.07, 6.45) is 0.152. The molecule has 0 radical (unpaired) electrons.